The van der Waals surface area contributed by atoms with E-state index in [-0.39, 0.29) is 11.6 Å². The normalized spacial score (nSPS) is 11.3. The first kappa shape index (κ1) is 24.1. The Morgan fingerprint density at radius 1 is 1.15 bits per heavy atom. The third-order valence-corrected chi connectivity index (χ3v) is 5.91. The first-order valence-electron chi connectivity index (χ1n) is 10.2. The zero-order chi connectivity index (χ0) is 24.0. The summed E-state index contributed by atoms with van der Waals surface area (Å²) < 4.78 is 11.6. The van der Waals surface area contributed by atoms with Crippen molar-refractivity contribution < 1.29 is 19.2 Å². The van der Waals surface area contributed by atoms with Gasteiger partial charge in [-0.15, -0.1) is 0 Å². The van der Waals surface area contributed by atoms with Crippen LogP contribution < -0.4 is 14.4 Å². The Bertz CT molecular complexity index is 1130. The first-order valence-corrected chi connectivity index (χ1v) is 11.1. The number of nitro groups is 1. The Balaban J connectivity index is 1.91. The van der Waals surface area contributed by atoms with E-state index in [0.29, 0.717) is 34.3 Å². The SMILES string of the molecule is COc1cc2nc(N(CCCN(C)C)C(=O)/C=C/c3cccc([N+](=O)[O-])c3)sc2cc1OC. The summed E-state index contributed by atoms with van der Waals surface area (Å²) in [4.78, 5) is 32.0. The zero-order valence-electron chi connectivity index (χ0n) is 19.0. The van der Waals surface area contributed by atoms with Crippen molar-refractivity contribution in [3.05, 3.63) is 58.2 Å². The third kappa shape index (κ3) is 6.05. The van der Waals surface area contributed by atoms with Gasteiger partial charge in [0, 0.05) is 36.9 Å². The summed E-state index contributed by atoms with van der Waals surface area (Å²) >= 11 is 1.39. The molecule has 9 nitrogen and oxygen atoms in total. The second-order valence-electron chi connectivity index (χ2n) is 7.50. The van der Waals surface area contributed by atoms with E-state index in [9.17, 15) is 14.9 Å². The highest BCUT2D eigenvalue weighted by atomic mass is 32.1. The molecule has 0 spiro atoms. The Morgan fingerprint density at radius 2 is 1.88 bits per heavy atom. The van der Waals surface area contributed by atoms with Gasteiger partial charge < -0.3 is 14.4 Å². The summed E-state index contributed by atoms with van der Waals surface area (Å²) in [6.45, 7) is 1.29. The van der Waals surface area contributed by atoms with Crippen LogP contribution >= 0.6 is 11.3 Å². The van der Waals surface area contributed by atoms with Crippen molar-refractivity contribution in [3.8, 4) is 11.5 Å². The van der Waals surface area contributed by atoms with E-state index < -0.39 is 4.92 Å². The van der Waals surface area contributed by atoms with Gasteiger partial charge in [-0.2, -0.15) is 0 Å². The number of rotatable bonds is 10. The number of amides is 1. The summed E-state index contributed by atoms with van der Waals surface area (Å²) in [5, 5.41) is 11.6. The van der Waals surface area contributed by atoms with Gasteiger partial charge in [-0.25, -0.2) is 4.98 Å². The Kier molecular flexibility index (Phi) is 7.96. The smallest absolute Gasteiger partial charge is 0.270 e. The monoisotopic (exact) mass is 470 g/mol. The summed E-state index contributed by atoms with van der Waals surface area (Å²) in [5.74, 6) is 0.910. The van der Waals surface area contributed by atoms with Gasteiger partial charge in [0.05, 0.1) is 29.4 Å². The Labute approximate surface area is 196 Å². The maximum atomic E-state index is 13.1. The highest BCUT2D eigenvalue weighted by molar-refractivity contribution is 7.22. The lowest BCUT2D eigenvalue weighted by molar-refractivity contribution is -0.384. The fraction of sp³-hybridized carbons (Fsp3) is 0.304. The summed E-state index contributed by atoms with van der Waals surface area (Å²) in [6.07, 6.45) is 3.75. The number of non-ortho nitro benzene ring substituents is 1. The van der Waals surface area contributed by atoms with Crippen molar-refractivity contribution in [1.29, 1.82) is 0 Å². The van der Waals surface area contributed by atoms with Crippen LogP contribution in [0.2, 0.25) is 0 Å². The van der Waals surface area contributed by atoms with Crippen LogP contribution in [0.1, 0.15) is 12.0 Å². The molecule has 0 radical (unpaired) electrons. The van der Waals surface area contributed by atoms with Gasteiger partial charge in [-0.1, -0.05) is 23.5 Å². The largest absolute Gasteiger partial charge is 0.493 e. The van der Waals surface area contributed by atoms with Crippen molar-refractivity contribution in [1.82, 2.24) is 9.88 Å². The summed E-state index contributed by atoms with van der Waals surface area (Å²) in [6, 6.07) is 9.77. The first-order chi connectivity index (χ1) is 15.8. The molecule has 0 bridgehead atoms. The number of fused-ring (bicyclic) bond motifs is 1. The van der Waals surface area contributed by atoms with E-state index in [1.807, 2.05) is 20.2 Å². The highest BCUT2D eigenvalue weighted by Gasteiger charge is 2.19. The molecule has 3 rings (SSSR count). The predicted molar refractivity (Wildman–Crippen MR) is 130 cm³/mol. The van der Waals surface area contributed by atoms with Crippen LogP contribution in [0.4, 0.5) is 10.8 Å². The van der Waals surface area contributed by atoms with Crippen molar-refractivity contribution in [2.45, 2.75) is 6.42 Å². The number of nitrogens with zero attached hydrogens (tertiary/aromatic N) is 4. The topological polar surface area (TPSA) is 98.0 Å². The lowest BCUT2D eigenvalue weighted by Crippen LogP contribution is -2.32. The second kappa shape index (κ2) is 10.9. The molecule has 10 heteroatoms. The lowest BCUT2D eigenvalue weighted by Gasteiger charge is -2.19. The summed E-state index contributed by atoms with van der Waals surface area (Å²) in [5.41, 5.74) is 1.26. The number of anilines is 1. The molecular weight excluding hydrogens is 444 g/mol. The number of aromatic nitrogens is 1. The molecule has 174 valence electrons. The minimum atomic E-state index is -0.462. The third-order valence-electron chi connectivity index (χ3n) is 4.87. The quantitative estimate of drug-likeness (QED) is 0.249. The van der Waals surface area contributed by atoms with Gasteiger partial charge in [0.2, 0.25) is 0 Å². The molecule has 0 atom stereocenters. The van der Waals surface area contributed by atoms with Crippen LogP contribution in [0, 0.1) is 10.1 Å². The van der Waals surface area contributed by atoms with E-state index in [4.69, 9.17) is 9.47 Å². The van der Waals surface area contributed by atoms with Crippen molar-refractivity contribution in [2.24, 2.45) is 0 Å². The number of hydrogen-bond acceptors (Lipinski definition) is 8. The number of methoxy groups -OCH3 is 2. The Morgan fingerprint density at radius 3 is 2.55 bits per heavy atom. The molecule has 0 aliphatic heterocycles. The molecule has 0 fully saturated rings. The molecule has 0 unspecified atom stereocenters. The van der Waals surface area contributed by atoms with Crippen molar-refractivity contribution in [3.63, 3.8) is 0 Å². The predicted octanol–water partition coefficient (Wildman–Crippen LogP) is 4.22. The number of carbonyl (C=O) groups excluding carboxylic acids is 1. The van der Waals surface area contributed by atoms with Gasteiger partial charge in [0.1, 0.15) is 0 Å². The van der Waals surface area contributed by atoms with Gasteiger partial charge in [0.25, 0.3) is 11.6 Å². The second-order valence-corrected chi connectivity index (χ2v) is 8.51. The van der Waals surface area contributed by atoms with E-state index in [0.717, 1.165) is 17.7 Å². The fourth-order valence-electron chi connectivity index (χ4n) is 3.20. The van der Waals surface area contributed by atoms with Gasteiger partial charge in [-0.05, 0) is 38.7 Å². The van der Waals surface area contributed by atoms with Crippen LogP contribution in [0.25, 0.3) is 16.3 Å². The van der Waals surface area contributed by atoms with Crippen molar-refractivity contribution >= 4 is 44.4 Å². The molecule has 0 aliphatic carbocycles. The van der Waals surface area contributed by atoms with Crippen LogP contribution in [0.3, 0.4) is 0 Å². The van der Waals surface area contributed by atoms with E-state index in [2.05, 4.69) is 9.88 Å². The van der Waals surface area contributed by atoms with Gasteiger partial charge in [0.15, 0.2) is 16.6 Å². The minimum absolute atomic E-state index is 0.0264. The number of benzene rings is 2. The maximum Gasteiger partial charge on any atom is 0.270 e. The molecule has 1 heterocycles. The molecule has 0 aliphatic rings. The fourth-order valence-corrected chi connectivity index (χ4v) is 4.21. The van der Waals surface area contributed by atoms with E-state index in [1.54, 1.807) is 43.4 Å². The maximum absolute atomic E-state index is 13.1. The molecule has 0 saturated carbocycles. The van der Waals surface area contributed by atoms with E-state index >= 15 is 0 Å². The molecule has 33 heavy (non-hydrogen) atoms. The number of hydrogen-bond donors (Lipinski definition) is 0. The van der Waals surface area contributed by atoms with Gasteiger partial charge in [-0.3, -0.25) is 19.8 Å². The molecule has 1 aromatic heterocycles. The Hall–Kier alpha value is -3.50. The van der Waals surface area contributed by atoms with Crippen LogP contribution in [0.15, 0.2) is 42.5 Å². The minimum Gasteiger partial charge on any atom is -0.493 e. The number of thiazole rings is 1. The molecule has 0 saturated heterocycles. The average Bonchev–Trinajstić information content (AvgIpc) is 3.21. The molecule has 0 N–H and O–H groups in total. The summed E-state index contributed by atoms with van der Waals surface area (Å²) in [7, 11) is 7.09. The average molecular weight is 471 g/mol. The number of ether oxygens (including phenoxy) is 2. The molecule has 2 aromatic carbocycles. The number of nitro benzene ring substituents is 1. The number of carbonyl (C=O) groups is 1. The molecule has 3 aromatic rings. The highest BCUT2D eigenvalue weighted by Crippen LogP contribution is 2.37. The molecule has 1 amide bonds. The van der Waals surface area contributed by atoms with Crippen LogP contribution in [-0.4, -0.2) is 62.1 Å². The van der Waals surface area contributed by atoms with E-state index in [1.165, 1.54) is 29.5 Å². The lowest BCUT2D eigenvalue weighted by atomic mass is 10.2. The molecular formula is C23H26N4O5S. The van der Waals surface area contributed by atoms with Crippen LogP contribution in [0.5, 0.6) is 11.5 Å². The van der Waals surface area contributed by atoms with Gasteiger partial charge >= 0.3 is 0 Å². The standard InChI is InChI=1S/C23H26N4O5S/c1-25(2)11-6-12-26(22(28)10-9-16-7-5-8-17(13-16)27(29)30)23-24-18-14-19(31-3)20(32-4)15-21(18)33-23/h5,7-10,13-15H,6,11-12H2,1-4H3/b10-9+. The van der Waals surface area contributed by atoms with Crippen molar-refractivity contribution in [2.75, 3.05) is 46.3 Å². The zero-order valence-corrected chi connectivity index (χ0v) is 19.8. The van der Waals surface area contributed by atoms with Crippen LogP contribution in [-0.2, 0) is 4.79 Å².